The number of rotatable bonds is 2. The number of nitrogens with zero attached hydrogens (tertiary/aromatic N) is 2. The second-order valence-electron chi connectivity index (χ2n) is 6.97. The number of halogens is 3. The van der Waals surface area contributed by atoms with Crippen molar-refractivity contribution in [1.29, 1.82) is 0 Å². The van der Waals surface area contributed by atoms with Crippen molar-refractivity contribution in [3.63, 3.8) is 0 Å². The molecule has 7 heteroatoms. The Labute approximate surface area is 149 Å². The predicted molar refractivity (Wildman–Crippen MR) is 89.3 cm³/mol. The summed E-state index contributed by atoms with van der Waals surface area (Å²) in [6, 6.07) is 8.02. The summed E-state index contributed by atoms with van der Waals surface area (Å²) < 4.78 is 44.3. The minimum atomic E-state index is -4.42. The standard InChI is InChI=1S/C19H19F3N2O2/c20-19(21,22)15-3-1-2-14(10-15)16-4-5-17(26-16)18(25)24-11-13-6-8-23(12-24)9-7-13/h1-5,10,13H,6-9,11-12H2. The number of hydrogen-bond donors (Lipinski definition) is 0. The van der Waals surface area contributed by atoms with Gasteiger partial charge in [-0.25, -0.2) is 0 Å². The zero-order valence-corrected chi connectivity index (χ0v) is 14.1. The highest BCUT2D eigenvalue weighted by atomic mass is 19.4. The first kappa shape index (κ1) is 17.1. The van der Waals surface area contributed by atoms with Crippen LogP contribution >= 0.6 is 0 Å². The molecule has 3 fully saturated rings. The molecule has 138 valence electrons. The van der Waals surface area contributed by atoms with Gasteiger partial charge in [-0.3, -0.25) is 9.69 Å². The Morgan fingerprint density at radius 3 is 2.62 bits per heavy atom. The molecule has 26 heavy (non-hydrogen) atoms. The highest BCUT2D eigenvalue weighted by molar-refractivity contribution is 5.92. The van der Waals surface area contributed by atoms with Gasteiger partial charge in [0.05, 0.1) is 12.2 Å². The number of benzene rings is 1. The van der Waals surface area contributed by atoms with E-state index in [-0.39, 0.29) is 17.4 Å². The van der Waals surface area contributed by atoms with E-state index in [2.05, 4.69) is 4.90 Å². The number of fused-ring (bicyclic) bond motifs is 4. The van der Waals surface area contributed by atoms with Crippen molar-refractivity contribution in [3.05, 3.63) is 47.7 Å². The van der Waals surface area contributed by atoms with Crippen LogP contribution in [0.25, 0.3) is 11.3 Å². The molecule has 0 saturated carbocycles. The van der Waals surface area contributed by atoms with Crippen molar-refractivity contribution in [2.75, 3.05) is 26.3 Å². The summed E-state index contributed by atoms with van der Waals surface area (Å²) in [6.07, 6.45) is -2.23. The first-order chi connectivity index (χ1) is 12.4. The molecular weight excluding hydrogens is 345 g/mol. The van der Waals surface area contributed by atoms with E-state index < -0.39 is 11.7 Å². The molecule has 0 atom stereocenters. The molecule has 3 saturated heterocycles. The molecule has 4 nitrogen and oxygen atoms in total. The van der Waals surface area contributed by atoms with E-state index in [4.69, 9.17) is 4.42 Å². The van der Waals surface area contributed by atoms with Crippen molar-refractivity contribution in [2.24, 2.45) is 5.92 Å². The van der Waals surface area contributed by atoms with E-state index in [0.717, 1.165) is 38.1 Å². The third-order valence-corrected chi connectivity index (χ3v) is 5.13. The minimum absolute atomic E-state index is 0.167. The third-order valence-electron chi connectivity index (χ3n) is 5.13. The number of piperidine rings is 1. The van der Waals surface area contributed by atoms with Crippen LogP contribution in [0.15, 0.2) is 40.8 Å². The Morgan fingerprint density at radius 1 is 1.12 bits per heavy atom. The van der Waals surface area contributed by atoms with Crippen LogP contribution in [0.2, 0.25) is 0 Å². The molecule has 5 rings (SSSR count). The quantitative estimate of drug-likeness (QED) is 0.805. The average Bonchev–Trinajstić information content (AvgIpc) is 2.92. The lowest BCUT2D eigenvalue weighted by Crippen LogP contribution is -2.38. The number of carbonyl (C=O) groups is 1. The van der Waals surface area contributed by atoms with Crippen LogP contribution in [0.3, 0.4) is 0 Å². The fraction of sp³-hybridized carbons (Fsp3) is 0.421. The Hall–Kier alpha value is -2.28. The summed E-state index contributed by atoms with van der Waals surface area (Å²) in [4.78, 5) is 16.8. The molecule has 0 unspecified atom stereocenters. The summed E-state index contributed by atoms with van der Waals surface area (Å²) >= 11 is 0. The molecular formula is C19H19F3N2O2. The second kappa shape index (κ2) is 6.46. The van der Waals surface area contributed by atoms with Gasteiger partial charge in [-0.2, -0.15) is 13.2 Å². The van der Waals surface area contributed by atoms with Gasteiger partial charge in [0.1, 0.15) is 5.76 Å². The molecule has 0 aliphatic carbocycles. The predicted octanol–water partition coefficient (Wildman–Crippen LogP) is 4.09. The van der Waals surface area contributed by atoms with E-state index in [1.54, 1.807) is 23.1 Å². The van der Waals surface area contributed by atoms with Crippen LogP contribution in [0.4, 0.5) is 13.2 Å². The van der Waals surface area contributed by atoms with Crippen LogP contribution in [0.1, 0.15) is 29.0 Å². The Balaban J connectivity index is 1.55. The number of hydrogen-bond acceptors (Lipinski definition) is 3. The maximum atomic E-state index is 12.9. The SMILES string of the molecule is O=C(c1ccc(-c2cccc(C(F)(F)F)c2)o1)N1CC2CCN(CC2)C1. The molecule has 0 N–H and O–H groups in total. The zero-order valence-electron chi connectivity index (χ0n) is 14.1. The maximum Gasteiger partial charge on any atom is 0.416 e. The van der Waals surface area contributed by atoms with Gasteiger partial charge < -0.3 is 9.32 Å². The molecule has 4 heterocycles. The lowest BCUT2D eigenvalue weighted by molar-refractivity contribution is -0.137. The van der Waals surface area contributed by atoms with Crippen LogP contribution in [0, 0.1) is 5.92 Å². The van der Waals surface area contributed by atoms with Gasteiger partial charge in [-0.05, 0) is 43.0 Å². The lowest BCUT2D eigenvalue weighted by atomic mass is 9.98. The largest absolute Gasteiger partial charge is 0.451 e. The van der Waals surface area contributed by atoms with Gasteiger partial charge in [-0.15, -0.1) is 0 Å². The molecule has 2 bridgehead atoms. The van der Waals surface area contributed by atoms with Crippen molar-refractivity contribution >= 4 is 5.91 Å². The number of alkyl halides is 3. The van der Waals surface area contributed by atoms with Gasteiger partial charge in [-0.1, -0.05) is 12.1 Å². The van der Waals surface area contributed by atoms with Crippen molar-refractivity contribution in [3.8, 4) is 11.3 Å². The average molecular weight is 364 g/mol. The Bertz CT molecular complexity index is 793. The molecule has 0 radical (unpaired) electrons. The van der Waals surface area contributed by atoms with Gasteiger partial charge >= 0.3 is 6.18 Å². The first-order valence-electron chi connectivity index (χ1n) is 8.69. The highest BCUT2D eigenvalue weighted by Crippen LogP contribution is 2.33. The van der Waals surface area contributed by atoms with Crippen molar-refractivity contribution in [2.45, 2.75) is 19.0 Å². The molecule has 1 aromatic heterocycles. The fourth-order valence-corrected chi connectivity index (χ4v) is 3.68. The fourth-order valence-electron chi connectivity index (χ4n) is 3.68. The number of furan rings is 1. The topological polar surface area (TPSA) is 36.7 Å². The molecule has 2 aromatic rings. The summed E-state index contributed by atoms with van der Waals surface area (Å²) in [5.41, 5.74) is -0.435. The van der Waals surface area contributed by atoms with Crippen LogP contribution < -0.4 is 0 Å². The third kappa shape index (κ3) is 3.35. The van der Waals surface area contributed by atoms with E-state index in [1.807, 2.05) is 0 Å². The Morgan fingerprint density at radius 2 is 1.88 bits per heavy atom. The number of amides is 1. The summed E-state index contributed by atoms with van der Waals surface area (Å²) in [5.74, 6) is 0.732. The lowest BCUT2D eigenvalue weighted by Gasteiger charge is -2.25. The first-order valence-corrected chi connectivity index (χ1v) is 8.69. The van der Waals surface area contributed by atoms with Gasteiger partial charge in [0, 0.05) is 25.2 Å². The zero-order chi connectivity index (χ0) is 18.3. The Kier molecular flexibility index (Phi) is 4.26. The maximum absolute atomic E-state index is 12.9. The molecule has 0 spiro atoms. The van der Waals surface area contributed by atoms with Gasteiger partial charge in [0.15, 0.2) is 5.76 Å². The number of carbonyl (C=O) groups excluding carboxylic acids is 1. The smallest absolute Gasteiger partial charge is 0.416 e. The van der Waals surface area contributed by atoms with E-state index in [9.17, 15) is 18.0 Å². The molecule has 3 aliphatic heterocycles. The molecule has 1 aromatic carbocycles. The second-order valence-corrected chi connectivity index (χ2v) is 6.97. The van der Waals surface area contributed by atoms with Crippen LogP contribution in [0.5, 0.6) is 0 Å². The van der Waals surface area contributed by atoms with Crippen molar-refractivity contribution < 1.29 is 22.4 Å². The van der Waals surface area contributed by atoms with Crippen LogP contribution in [-0.4, -0.2) is 42.0 Å². The summed E-state index contributed by atoms with van der Waals surface area (Å²) in [7, 11) is 0. The minimum Gasteiger partial charge on any atom is -0.451 e. The van der Waals surface area contributed by atoms with E-state index in [0.29, 0.717) is 24.7 Å². The summed E-state index contributed by atoms with van der Waals surface area (Å²) in [5, 5.41) is 0. The summed E-state index contributed by atoms with van der Waals surface area (Å²) in [6.45, 7) is 3.29. The normalized spacial score (nSPS) is 23.1. The van der Waals surface area contributed by atoms with Crippen molar-refractivity contribution in [1.82, 2.24) is 9.80 Å². The molecule has 1 amide bonds. The van der Waals surface area contributed by atoms with Crippen LogP contribution in [-0.2, 0) is 6.18 Å². The molecule has 3 aliphatic rings. The monoisotopic (exact) mass is 364 g/mol. The van der Waals surface area contributed by atoms with E-state index in [1.165, 1.54) is 6.07 Å². The van der Waals surface area contributed by atoms with E-state index >= 15 is 0 Å². The van der Waals surface area contributed by atoms with Gasteiger partial charge in [0.2, 0.25) is 0 Å². The van der Waals surface area contributed by atoms with Gasteiger partial charge in [0.25, 0.3) is 5.91 Å². The highest BCUT2D eigenvalue weighted by Gasteiger charge is 2.32.